The fourth-order valence-electron chi connectivity index (χ4n) is 2.13. The lowest BCUT2D eigenvalue weighted by atomic mass is 10.3. The second-order valence-electron chi connectivity index (χ2n) is 4.98. The summed E-state index contributed by atoms with van der Waals surface area (Å²) < 4.78 is 19.0. The Kier molecular flexibility index (Phi) is 5.30. The molecular formula is C17H16FN5OS. The SMILES string of the molecule is COc1ccccc1Nc1nc(N)nc(CSc2ccccc2F)n1. The molecule has 2 aromatic carbocycles. The Bertz CT molecular complexity index is 877. The van der Waals surface area contributed by atoms with Gasteiger partial charge in [0.1, 0.15) is 17.4 Å². The van der Waals surface area contributed by atoms with Crippen molar-refractivity contribution in [2.75, 3.05) is 18.2 Å². The van der Waals surface area contributed by atoms with Crippen LogP contribution in [0.25, 0.3) is 0 Å². The van der Waals surface area contributed by atoms with E-state index in [2.05, 4.69) is 20.3 Å². The van der Waals surface area contributed by atoms with Crippen LogP contribution in [0.1, 0.15) is 5.82 Å². The Hall–Kier alpha value is -2.87. The first-order valence-corrected chi connectivity index (χ1v) is 8.42. The molecule has 25 heavy (non-hydrogen) atoms. The zero-order valence-corrected chi connectivity index (χ0v) is 14.3. The Morgan fingerprint density at radius 1 is 1.08 bits per heavy atom. The van der Waals surface area contributed by atoms with Crippen molar-refractivity contribution in [1.82, 2.24) is 15.0 Å². The van der Waals surface area contributed by atoms with Crippen LogP contribution in [0.4, 0.5) is 22.0 Å². The minimum absolute atomic E-state index is 0.0940. The van der Waals surface area contributed by atoms with Gasteiger partial charge in [0.15, 0.2) is 0 Å². The molecule has 0 saturated heterocycles. The second kappa shape index (κ2) is 7.80. The molecule has 3 aromatic rings. The highest BCUT2D eigenvalue weighted by atomic mass is 32.2. The molecule has 0 radical (unpaired) electrons. The van der Waals surface area contributed by atoms with Crippen LogP contribution in [-0.4, -0.2) is 22.1 Å². The van der Waals surface area contributed by atoms with Crippen LogP contribution in [0.2, 0.25) is 0 Å². The normalized spacial score (nSPS) is 10.5. The lowest BCUT2D eigenvalue weighted by molar-refractivity contribution is 0.417. The standard InChI is InChI=1S/C17H16FN5OS/c1-24-13-8-4-3-7-12(13)20-17-22-15(21-16(19)23-17)10-25-14-9-5-2-6-11(14)18/h2-9H,10H2,1H3,(H3,19,20,21,22,23). The van der Waals surface area contributed by atoms with Gasteiger partial charge in [0.25, 0.3) is 0 Å². The highest BCUT2D eigenvalue weighted by molar-refractivity contribution is 7.98. The van der Waals surface area contributed by atoms with E-state index in [1.165, 1.54) is 17.8 Å². The maximum Gasteiger partial charge on any atom is 0.232 e. The van der Waals surface area contributed by atoms with Gasteiger partial charge < -0.3 is 15.8 Å². The zero-order chi connectivity index (χ0) is 17.6. The van der Waals surface area contributed by atoms with Crippen molar-refractivity contribution in [2.24, 2.45) is 0 Å². The summed E-state index contributed by atoms with van der Waals surface area (Å²) in [7, 11) is 1.58. The molecule has 0 bridgehead atoms. The van der Waals surface area contributed by atoms with Gasteiger partial charge in [-0.1, -0.05) is 24.3 Å². The first kappa shape index (κ1) is 17.0. The summed E-state index contributed by atoms with van der Waals surface area (Å²) in [5, 5.41) is 3.06. The third kappa shape index (κ3) is 4.36. The maximum atomic E-state index is 13.7. The topological polar surface area (TPSA) is 86.0 Å². The molecule has 3 rings (SSSR count). The number of hydrogen-bond donors (Lipinski definition) is 2. The fraction of sp³-hybridized carbons (Fsp3) is 0.118. The van der Waals surface area contributed by atoms with Gasteiger partial charge >= 0.3 is 0 Å². The molecule has 128 valence electrons. The molecule has 3 N–H and O–H groups in total. The summed E-state index contributed by atoms with van der Waals surface area (Å²) in [4.78, 5) is 13.1. The van der Waals surface area contributed by atoms with Crippen LogP contribution in [0.5, 0.6) is 5.75 Å². The molecule has 1 heterocycles. The molecule has 1 aromatic heterocycles. The summed E-state index contributed by atoms with van der Waals surface area (Å²) in [5.74, 6) is 1.61. The van der Waals surface area contributed by atoms with Gasteiger partial charge in [-0.2, -0.15) is 15.0 Å². The van der Waals surface area contributed by atoms with E-state index in [1.54, 1.807) is 25.3 Å². The number of nitrogens with zero attached hydrogens (tertiary/aromatic N) is 3. The molecule has 0 aliphatic rings. The van der Waals surface area contributed by atoms with Gasteiger partial charge in [0, 0.05) is 4.90 Å². The number of aromatic nitrogens is 3. The van der Waals surface area contributed by atoms with E-state index in [9.17, 15) is 4.39 Å². The van der Waals surface area contributed by atoms with Crippen molar-refractivity contribution >= 4 is 29.3 Å². The summed E-state index contributed by atoms with van der Waals surface area (Å²) >= 11 is 1.30. The first-order chi connectivity index (χ1) is 12.2. The summed E-state index contributed by atoms with van der Waals surface area (Å²) in [5.41, 5.74) is 6.48. The van der Waals surface area contributed by atoms with E-state index < -0.39 is 0 Å². The number of nitrogens with one attached hydrogen (secondary N) is 1. The molecular weight excluding hydrogens is 341 g/mol. The van der Waals surface area contributed by atoms with Crippen molar-refractivity contribution in [3.8, 4) is 5.75 Å². The van der Waals surface area contributed by atoms with E-state index in [4.69, 9.17) is 10.5 Å². The zero-order valence-electron chi connectivity index (χ0n) is 13.4. The molecule has 0 unspecified atom stereocenters. The van der Waals surface area contributed by atoms with Crippen molar-refractivity contribution in [1.29, 1.82) is 0 Å². The Balaban J connectivity index is 1.77. The Morgan fingerprint density at radius 3 is 2.64 bits per heavy atom. The highest BCUT2D eigenvalue weighted by Gasteiger charge is 2.09. The molecule has 6 nitrogen and oxygen atoms in total. The predicted molar refractivity (Wildman–Crippen MR) is 96.5 cm³/mol. The van der Waals surface area contributed by atoms with Gasteiger partial charge in [-0.15, -0.1) is 11.8 Å². The number of thioether (sulfide) groups is 1. The number of halogens is 1. The Morgan fingerprint density at radius 2 is 1.84 bits per heavy atom. The predicted octanol–water partition coefficient (Wildman–Crippen LogP) is 3.64. The molecule has 0 saturated carbocycles. The lowest BCUT2D eigenvalue weighted by Gasteiger charge is -2.10. The quantitative estimate of drug-likeness (QED) is 0.651. The van der Waals surface area contributed by atoms with Gasteiger partial charge in [-0.3, -0.25) is 0 Å². The average molecular weight is 357 g/mol. The second-order valence-corrected chi connectivity index (χ2v) is 6.00. The van der Waals surface area contributed by atoms with Crippen molar-refractivity contribution < 1.29 is 9.13 Å². The van der Waals surface area contributed by atoms with Gasteiger partial charge in [0.2, 0.25) is 11.9 Å². The van der Waals surface area contributed by atoms with Crippen LogP contribution in [0.3, 0.4) is 0 Å². The minimum atomic E-state index is -0.276. The van der Waals surface area contributed by atoms with Crippen LogP contribution < -0.4 is 15.8 Å². The highest BCUT2D eigenvalue weighted by Crippen LogP contribution is 2.27. The fourth-order valence-corrected chi connectivity index (χ4v) is 2.93. The number of nitrogens with two attached hydrogens (primary N) is 1. The van der Waals surface area contributed by atoms with E-state index in [0.717, 1.165) is 0 Å². The van der Waals surface area contributed by atoms with Crippen LogP contribution in [0, 0.1) is 5.82 Å². The molecule has 8 heteroatoms. The number of benzene rings is 2. The number of hydrogen-bond acceptors (Lipinski definition) is 7. The summed E-state index contributed by atoms with van der Waals surface area (Å²) in [6.45, 7) is 0. The van der Waals surface area contributed by atoms with Crippen molar-refractivity contribution in [2.45, 2.75) is 10.6 Å². The van der Waals surface area contributed by atoms with E-state index in [-0.39, 0.29) is 11.8 Å². The van der Waals surface area contributed by atoms with E-state index in [0.29, 0.717) is 33.9 Å². The number of anilines is 3. The third-order valence-electron chi connectivity index (χ3n) is 3.25. The van der Waals surface area contributed by atoms with E-state index in [1.807, 2.05) is 24.3 Å². The van der Waals surface area contributed by atoms with Gasteiger partial charge in [0.05, 0.1) is 18.6 Å². The minimum Gasteiger partial charge on any atom is -0.495 e. The van der Waals surface area contributed by atoms with Crippen LogP contribution in [-0.2, 0) is 5.75 Å². The lowest BCUT2D eigenvalue weighted by Crippen LogP contribution is -2.07. The van der Waals surface area contributed by atoms with Gasteiger partial charge in [-0.25, -0.2) is 4.39 Å². The first-order valence-electron chi connectivity index (χ1n) is 7.43. The Labute approximate surface area is 148 Å². The van der Waals surface area contributed by atoms with Crippen molar-refractivity contribution in [3.05, 3.63) is 60.2 Å². The largest absolute Gasteiger partial charge is 0.495 e. The smallest absolute Gasteiger partial charge is 0.232 e. The molecule has 0 aliphatic carbocycles. The number of rotatable bonds is 6. The number of ether oxygens (including phenoxy) is 1. The van der Waals surface area contributed by atoms with Crippen LogP contribution >= 0.6 is 11.8 Å². The molecule has 0 fully saturated rings. The van der Waals surface area contributed by atoms with Gasteiger partial charge in [-0.05, 0) is 24.3 Å². The molecule has 0 aliphatic heterocycles. The number of nitrogen functional groups attached to an aromatic ring is 1. The molecule has 0 spiro atoms. The van der Waals surface area contributed by atoms with Crippen LogP contribution in [0.15, 0.2) is 53.4 Å². The number of para-hydroxylation sites is 2. The summed E-state index contributed by atoms with van der Waals surface area (Å²) in [6, 6.07) is 13.9. The molecule has 0 amide bonds. The van der Waals surface area contributed by atoms with Crippen molar-refractivity contribution in [3.63, 3.8) is 0 Å². The molecule has 0 atom stereocenters. The summed E-state index contributed by atoms with van der Waals surface area (Å²) in [6.07, 6.45) is 0. The monoisotopic (exact) mass is 357 g/mol. The van der Waals surface area contributed by atoms with E-state index >= 15 is 0 Å². The number of methoxy groups -OCH3 is 1. The average Bonchev–Trinajstić information content (AvgIpc) is 2.61. The maximum absolute atomic E-state index is 13.7. The third-order valence-corrected chi connectivity index (χ3v) is 4.29.